The summed E-state index contributed by atoms with van der Waals surface area (Å²) in [6, 6.07) is 5.36. The summed E-state index contributed by atoms with van der Waals surface area (Å²) in [5, 5.41) is 8.93. The number of nitrogens with one attached hydrogen (secondary N) is 1. The Hall–Kier alpha value is -1.85. The molecular formula is C17H17Cl2N5. The van der Waals surface area contributed by atoms with Crippen LogP contribution in [0.15, 0.2) is 24.4 Å². The lowest BCUT2D eigenvalue weighted by atomic mass is 9.66. The minimum Gasteiger partial charge on any atom is -0.382 e. The van der Waals surface area contributed by atoms with Crippen molar-refractivity contribution in [3.8, 4) is 11.3 Å². The summed E-state index contributed by atoms with van der Waals surface area (Å²) in [6.45, 7) is 1.71. The zero-order valence-corrected chi connectivity index (χ0v) is 14.5. The number of halogens is 2. The molecular weight excluding hydrogens is 345 g/mol. The fourth-order valence-electron chi connectivity index (χ4n) is 3.56. The number of aromatic nitrogens is 2. The van der Waals surface area contributed by atoms with E-state index in [9.17, 15) is 0 Å². The molecule has 1 aliphatic heterocycles. The number of nitrogens with two attached hydrogens (primary N) is 1. The van der Waals surface area contributed by atoms with Gasteiger partial charge in [0.15, 0.2) is 5.82 Å². The Morgan fingerprint density at radius 3 is 2.71 bits per heavy atom. The van der Waals surface area contributed by atoms with Crippen molar-refractivity contribution < 1.29 is 0 Å². The summed E-state index contributed by atoms with van der Waals surface area (Å²) >= 11 is 12.3. The van der Waals surface area contributed by atoms with E-state index in [-0.39, 0.29) is 5.41 Å². The fraction of sp³-hybridized carbons (Fsp3) is 0.353. The van der Waals surface area contributed by atoms with Crippen LogP contribution in [0, 0.1) is 10.8 Å². The molecule has 1 atom stereocenters. The topological polar surface area (TPSA) is 78.9 Å². The second kappa shape index (κ2) is 5.60. The highest BCUT2D eigenvalue weighted by molar-refractivity contribution is 6.43. The van der Waals surface area contributed by atoms with Gasteiger partial charge in [-0.2, -0.15) is 0 Å². The minimum absolute atomic E-state index is 0.0609. The smallest absolute Gasteiger partial charge is 0.152 e. The Labute approximate surface area is 150 Å². The molecule has 7 heteroatoms. The molecule has 2 heterocycles. The number of rotatable bonds is 2. The van der Waals surface area contributed by atoms with Gasteiger partial charge in [0.25, 0.3) is 0 Å². The van der Waals surface area contributed by atoms with Crippen molar-refractivity contribution in [1.29, 1.82) is 5.41 Å². The molecule has 0 radical (unpaired) electrons. The molecule has 1 saturated heterocycles. The molecule has 2 fully saturated rings. The van der Waals surface area contributed by atoms with Gasteiger partial charge in [-0.05, 0) is 25.3 Å². The quantitative estimate of drug-likeness (QED) is 0.845. The minimum atomic E-state index is 0.0609. The largest absolute Gasteiger partial charge is 0.382 e. The SMILES string of the molecule is N=C1CCC12CCN(c1cnc(-c3cccc(Cl)c3Cl)c(N)n1)C2. The lowest BCUT2D eigenvalue weighted by molar-refractivity contribution is 0.366. The van der Waals surface area contributed by atoms with Crippen molar-refractivity contribution in [2.45, 2.75) is 19.3 Å². The number of anilines is 2. The molecule has 1 spiro atoms. The van der Waals surface area contributed by atoms with Crippen molar-refractivity contribution in [3.05, 3.63) is 34.4 Å². The van der Waals surface area contributed by atoms with Gasteiger partial charge in [-0.25, -0.2) is 9.97 Å². The Kier molecular flexibility index (Phi) is 3.66. The van der Waals surface area contributed by atoms with E-state index in [0.29, 0.717) is 27.1 Å². The average molecular weight is 362 g/mol. The third-order valence-corrected chi connectivity index (χ3v) is 5.98. The first-order valence-corrected chi connectivity index (χ1v) is 8.65. The summed E-state index contributed by atoms with van der Waals surface area (Å²) < 4.78 is 0. The molecule has 2 aromatic rings. The zero-order valence-electron chi connectivity index (χ0n) is 13.0. The predicted molar refractivity (Wildman–Crippen MR) is 98.1 cm³/mol. The number of nitrogen functional groups attached to an aromatic ring is 1. The van der Waals surface area contributed by atoms with E-state index in [2.05, 4.69) is 14.9 Å². The second-order valence-electron chi connectivity index (χ2n) is 6.49. The highest BCUT2D eigenvalue weighted by Crippen LogP contribution is 2.46. The van der Waals surface area contributed by atoms with Crippen LogP contribution in [0.25, 0.3) is 11.3 Å². The predicted octanol–water partition coefficient (Wildman–Crippen LogP) is 4.04. The van der Waals surface area contributed by atoms with Crippen LogP contribution >= 0.6 is 23.2 Å². The number of nitrogens with zero attached hydrogens (tertiary/aromatic N) is 3. The van der Waals surface area contributed by atoms with Gasteiger partial charge in [-0.1, -0.05) is 35.3 Å². The lowest BCUT2D eigenvalue weighted by Gasteiger charge is -2.39. The highest BCUT2D eigenvalue weighted by atomic mass is 35.5. The summed E-state index contributed by atoms with van der Waals surface area (Å²) in [6.07, 6.45) is 4.76. The van der Waals surface area contributed by atoms with Gasteiger partial charge in [0.2, 0.25) is 0 Å². The lowest BCUT2D eigenvalue weighted by Crippen LogP contribution is -2.42. The monoisotopic (exact) mass is 361 g/mol. The van der Waals surface area contributed by atoms with E-state index in [1.165, 1.54) is 0 Å². The van der Waals surface area contributed by atoms with Gasteiger partial charge >= 0.3 is 0 Å². The van der Waals surface area contributed by atoms with E-state index in [4.69, 9.17) is 34.3 Å². The normalized spacial score (nSPS) is 22.9. The van der Waals surface area contributed by atoms with Crippen LogP contribution in [0.4, 0.5) is 11.6 Å². The Balaban J connectivity index is 1.63. The third kappa shape index (κ3) is 2.34. The van der Waals surface area contributed by atoms with Crippen LogP contribution in [0.5, 0.6) is 0 Å². The van der Waals surface area contributed by atoms with Crippen LogP contribution in [-0.2, 0) is 0 Å². The van der Waals surface area contributed by atoms with E-state index in [0.717, 1.165) is 43.9 Å². The highest BCUT2D eigenvalue weighted by Gasteiger charge is 2.47. The van der Waals surface area contributed by atoms with Gasteiger partial charge in [-0.3, -0.25) is 0 Å². The van der Waals surface area contributed by atoms with Crippen molar-refractivity contribution >= 4 is 40.5 Å². The summed E-state index contributed by atoms with van der Waals surface area (Å²) in [7, 11) is 0. The molecule has 3 N–H and O–H groups in total. The molecule has 1 aromatic heterocycles. The van der Waals surface area contributed by atoms with E-state index in [1.54, 1.807) is 12.3 Å². The molecule has 1 saturated carbocycles. The maximum absolute atomic E-state index is 8.05. The maximum atomic E-state index is 8.05. The van der Waals surface area contributed by atoms with Crippen molar-refractivity contribution in [2.75, 3.05) is 23.7 Å². The van der Waals surface area contributed by atoms with Crippen LogP contribution in [0.3, 0.4) is 0 Å². The molecule has 0 amide bonds. The molecule has 24 heavy (non-hydrogen) atoms. The van der Waals surface area contributed by atoms with E-state index >= 15 is 0 Å². The number of benzene rings is 1. The summed E-state index contributed by atoms with van der Waals surface area (Å²) in [4.78, 5) is 11.2. The first-order valence-electron chi connectivity index (χ1n) is 7.90. The van der Waals surface area contributed by atoms with Gasteiger partial charge in [0, 0.05) is 29.8 Å². The molecule has 1 unspecified atom stereocenters. The zero-order chi connectivity index (χ0) is 16.9. The van der Waals surface area contributed by atoms with Gasteiger partial charge < -0.3 is 16.0 Å². The van der Waals surface area contributed by atoms with E-state index < -0.39 is 0 Å². The Morgan fingerprint density at radius 2 is 2.08 bits per heavy atom. The van der Waals surface area contributed by atoms with Gasteiger partial charge in [0.05, 0.1) is 16.2 Å². The molecule has 124 valence electrons. The first-order chi connectivity index (χ1) is 11.5. The Bertz CT molecular complexity index is 838. The van der Waals surface area contributed by atoms with Crippen LogP contribution in [0.1, 0.15) is 19.3 Å². The van der Waals surface area contributed by atoms with Crippen molar-refractivity contribution in [2.24, 2.45) is 5.41 Å². The maximum Gasteiger partial charge on any atom is 0.152 e. The molecule has 4 rings (SSSR count). The molecule has 1 aliphatic carbocycles. The standard InChI is InChI=1S/C17H17Cl2N5/c18-11-3-1-2-10(14(11)19)15-16(21)23-13(8-22-15)24-7-6-17(9-24)5-4-12(17)20/h1-3,8,20H,4-7,9H2,(H2,21,23). The second-order valence-corrected chi connectivity index (χ2v) is 7.28. The van der Waals surface area contributed by atoms with Crippen molar-refractivity contribution in [3.63, 3.8) is 0 Å². The van der Waals surface area contributed by atoms with Crippen molar-refractivity contribution in [1.82, 2.24) is 9.97 Å². The van der Waals surface area contributed by atoms with E-state index in [1.807, 2.05) is 12.1 Å². The van der Waals surface area contributed by atoms with Crippen LogP contribution < -0.4 is 10.6 Å². The number of hydrogen-bond donors (Lipinski definition) is 2. The molecule has 2 aliphatic rings. The third-order valence-electron chi connectivity index (χ3n) is 5.16. The number of hydrogen-bond acceptors (Lipinski definition) is 5. The Morgan fingerprint density at radius 1 is 1.25 bits per heavy atom. The summed E-state index contributed by atoms with van der Waals surface area (Å²) in [5.41, 5.74) is 8.29. The fourth-order valence-corrected chi connectivity index (χ4v) is 3.95. The van der Waals surface area contributed by atoms with Crippen LogP contribution in [-0.4, -0.2) is 28.8 Å². The first kappa shape index (κ1) is 15.7. The molecule has 5 nitrogen and oxygen atoms in total. The summed E-state index contributed by atoms with van der Waals surface area (Å²) in [5.74, 6) is 1.09. The van der Waals surface area contributed by atoms with Gasteiger partial charge in [-0.15, -0.1) is 0 Å². The van der Waals surface area contributed by atoms with Gasteiger partial charge in [0.1, 0.15) is 11.5 Å². The average Bonchev–Trinajstić information content (AvgIpc) is 3.04. The van der Waals surface area contributed by atoms with Crippen LogP contribution in [0.2, 0.25) is 10.0 Å². The molecule has 0 bridgehead atoms. The molecule has 1 aromatic carbocycles.